The number of nitrogens with zero attached hydrogens (tertiary/aromatic N) is 1. The molecule has 2 atom stereocenters. The first-order valence-electron chi connectivity index (χ1n) is 11.2. The highest BCUT2D eigenvalue weighted by Crippen LogP contribution is 2.44. The van der Waals surface area contributed by atoms with Crippen molar-refractivity contribution < 1.29 is 34.6 Å². The van der Waals surface area contributed by atoms with E-state index in [1.807, 2.05) is 48.5 Å². The average Bonchev–Trinajstić information content (AvgIpc) is 3.20. The lowest BCUT2D eigenvalue weighted by atomic mass is 9.98. The Hall–Kier alpha value is -4.28. The van der Waals surface area contributed by atoms with E-state index in [9.17, 15) is 29.9 Å². The maximum absolute atomic E-state index is 12.3. The molecule has 0 spiro atoms. The van der Waals surface area contributed by atoms with Crippen LogP contribution in [0.4, 0.5) is 10.5 Å². The van der Waals surface area contributed by atoms with Gasteiger partial charge in [0.1, 0.15) is 12.7 Å². The molecule has 2 unspecified atom stereocenters. The van der Waals surface area contributed by atoms with Crippen molar-refractivity contribution in [2.24, 2.45) is 0 Å². The highest BCUT2D eigenvalue weighted by Gasteiger charge is 2.30. The van der Waals surface area contributed by atoms with Crippen LogP contribution in [0.3, 0.4) is 0 Å². The molecule has 0 saturated carbocycles. The summed E-state index contributed by atoms with van der Waals surface area (Å²) in [5.74, 6) is -1.46. The molecule has 1 amide bonds. The number of amides is 1. The summed E-state index contributed by atoms with van der Waals surface area (Å²) in [5.41, 5.74) is 3.18. The Morgan fingerprint density at radius 1 is 1.00 bits per heavy atom. The first-order valence-corrected chi connectivity index (χ1v) is 11.2. The van der Waals surface area contributed by atoms with E-state index in [4.69, 9.17) is 9.84 Å². The van der Waals surface area contributed by atoms with Crippen molar-refractivity contribution in [1.82, 2.24) is 5.32 Å². The van der Waals surface area contributed by atoms with Crippen LogP contribution in [0.25, 0.3) is 11.1 Å². The van der Waals surface area contributed by atoms with Gasteiger partial charge in [0.05, 0.1) is 22.2 Å². The van der Waals surface area contributed by atoms with Crippen LogP contribution >= 0.6 is 0 Å². The number of carbonyl (C=O) groups is 2. The fourth-order valence-electron chi connectivity index (χ4n) is 4.42. The van der Waals surface area contributed by atoms with Gasteiger partial charge in [-0.3, -0.25) is 10.1 Å². The number of aromatic carboxylic acids is 1. The minimum absolute atomic E-state index is 0.0596. The minimum atomic E-state index is -1.66. The van der Waals surface area contributed by atoms with Crippen molar-refractivity contribution in [3.05, 3.63) is 99.1 Å². The van der Waals surface area contributed by atoms with Gasteiger partial charge >= 0.3 is 12.1 Å². The third-order valence-corrected chi connectivity index (χ3v) is 6.21. The molecule has 36 heavy (non-hydrogen) atoms. The summed E-state index contributed by atoms with van der Waals surface area (Å²) in [6.45, 7) is 0.0586. The Morgan fingerprint density at radius 2 is 1.61 bits per heavy atom. The summed E-state index contributed by atoms with van der Waals surface area (Å²) in [4.78, 5) is 33.8. The molecular weight excluding hydrogens is 468 g/mol. The first kappa shape index (κ1) is 24.8. The predicted molar refractivity (Wildman–Crippen MR) is 129 cm³/mol. The topological polar surface area (TPSA) is 159 Å². The van der Waals surface area contributed by atoms with Gasteiger partial charge in [-0.15, -0.1) is 0 Å². The normalized spacial score (nSPS) is 13.8. The van der Waals surface area contributed by atoms with Gasteiger partial charge in [0.25, 0.3) is 5.69 Å². The third kappa shape index (κ3) is 5.04. The Bertz CT molecular complexity index is 1260. The van der Waals surface area contributed by atoms with Crippen LogP contribution in [0.5, 0.6) is 0 Å². The largest absolute Gasteiger partial charge is 0.478 e. The number of rotatable bonds is 9. The van der Waals surface area contributed by atoms with Gasteiger partial charge in [0, 0.05) is 18.5 Å². The molecule has 0 fully saturated rings. The Morgan fingerprint density at radius 3 is 2.19 bits per heavy atom. The predicted octanol–water partition coefficient (Wildman–Crippen LogP) is 3.62. The zero-order valence-electron chi connectivity index (χ0n) is 19.0. The summed E-state index contributed by atoms with van der Waals surface area (Å²) in [6, 6.07) is 18.9. The molecule has 3 aromatic rings. The second-order valence-electron chi connectivity index (χ2n) is 8.39. The fourth-order valence-corrected chi connectivity index (χ4v) is 4.42. The molecule has 186 valence electrons. The van der Waals surface area contributed by atoms with Gasteiger partial charge in [-0.25, -0.2) is 9.59 Å². The number of hydrogen-bond acceptors (Lipinski definition) is 7. The van der Waals surface area contributed by atoms with Crippen molar-refractivity contribution >= 4 is 17.7 Å². The summed E-state index contributed by atoms with van der Waals surface area (Å²) in [7, 11) is 0. The summed E-state index contributed by atoms with van der Waals surface area (Å²) in [6.07, 6.45) is -3.93. The molecule has 1 aliphatic carbocycles. The second-order valence-corrected chi connectivity index (χ2v) is 8.39. The van der Waals surface area contributed by atoms with E-state index in [1.54, 1.807) is 0 Å². The first-order chi connectivity index (χ1) is 17.3. The fraction of sp³-hybridized carbons (Fsp3) is 0.231. The number of hydrogen-bond donors (Lipinski definition) is 4. The summed E-state index contributed by atoms with van der Waals surface area (Å²) >= 11 is 0. The number of nitro benzene ring substituents is 1. The molecule has 1 aliphatic rings. The molecule has 0 heterocycles. The molecule has 0 saturated heterocycles. The average molecular weight is 492 g/mol. The van der Waals surface area contributed by atoms with Crippen molar-refractivity contribution in [2.45, 2.75) is 24.5 Å². The third-order valence-electron chi connectivity index (χ3n) is 6.21. The lowest BCUT2D eigenvalue weighted by Crippen LogP contribution is -2.30. The zero-order chi connectivity index (χ0) is 25.8. The van der Waals surface area contributed by atoms with E-state index in [2.05, 4.69) is 5.32 Å². The van der Waals surface area contributed by atoms with E-state index in [1.165, 1.54) is 0 Å². The number of carboxylic acids is 1. The number of ether oxygens (including phenoxy) is 1. The van der Waals surface area contributed by atoms with Crippen LogP contribution in [-0.4, -0.2) is 51.6 Å². The molecule has 0 aliphatic heterocycles. The van der Waals surface area contributed by atoms with Gasteiger partial charge in [-0.2, -0.15) is 0 Å². The number of benzene rings is 3. The monoisotopic (exact) mass is 492 g/mol. The Kier molecular flexibility index (Phi) is 7.28. The van der Waals surface area contributed by atoms with Gasteiger partial charge < -0.3 is 25.4 Å². The highest BCUT2D eigenvalue weighted by atomic mass is 16.6. The standard InChI is InChI=1S/C26H24N2O8/c29-23(24(30)20-10-9-15(25(31)32)13-22(20)28(34)35)11-12-27-26(33)36-14-21-18-7-3-1-5-16(18)17-6-2-4-8-19(17)21/h1-10,13,21,23-24,29-30H,11-12,14H2,(H,27,33)(H,31,32). The van der Waals surface area contributed by atoms with Crippen molar-refractivity contribution in [3.63, 3.8) is 0 Å². The molecule has 0 radical (unpaired) electrons. The number of carbonyl (C=O) groups excluding carboxylic acids is 1. The number of alkyl carbamates (subject to hydrolysis) is 1. The lowest BCUT2D eigenvalue weighted by molar-refractivity contribution is -0.386. The molecule has 0 bridgehead atoms. The number of carboxylic acid groups (broad SMARTS) is 1. The van der Waals surface area contributed by atoms with Gasteiger partial charge in [0.2, 0.25) is 0 Å². The molecule has 4 N–H and O–H groups in total. The highest BCUT2D eigenvalue weighted by molar-refractivity contribution is 5.88. The van der Waals surface area contributed by atoms with E-state index < -0.39 is 34.9 Å². The van der Waals surface area contributed by atoms with E-state index in [0.29, 0.717) is 0 Å². The van der Waals surface area contributed by atoms with Crippen LogP contribution in [0, 0.1) is 10.1 Å². The maximum Gasteiger partial charge on any atom is 0.407 e. The maximum atomic E-state index is 12.3. The number of nitrogens with one attached hydrogen (secondary N) is 1. The number of fused-ring (bicyclic) bond motifs is 3. The van der Waals surface area contributed by atoms with Crippen LogP contribution < -0.4 is 5.32 Å². The Balaban J connectivity index is 1.32. The van der Waals surface area contributed by atoms with E-state index in [-0.39, 0.29) is 36.6 Å². The van der Waals surface area contributed by atoms with E-state index in [0.717, 1.165) is 40.5 Å². The van der Waals surface area contributed by atoms with Crippen molar-refractivity contribution in [2.75, 3.05) is 13.2 Å². The van der Waals surface area contributed by atoms with Crippen LogP contribution in [0.1, 0.15) is 45.5 Å². The van der Waals surface area contributed by atoms with Gasteiger partial charge in [-0.1, -0.05) is 48.5 Å². The van der Waals surface area contributed by atoms with Crippen LogP contribution in [0.15, 0.2) is 66.7 Å². The molecule has 4 rings (SSSR count). The molecule has 0 aromatic heterocycles. The number of aliphatic hydroxyl groups is 2. The van der Waals surface area contributed by atoms with Crippen molar-refractivity contribution in [3.8, 4) is 11.1 Å². The molecule has 10 heteroatoms. The van der Waals surface area contributed by atoms with Gasteiger partial charge in [-0.05, 0) is 40.8 Å². The van der Waals surface area contributed by atoms with Gasteiger partial charge in [0.15, 0.2) is 0 Å². The lowest BCUT2D eigenvalue weighted by Gasteiger charge is -2.19. The quantitative estimate of drug-likeness (QED) is 0.260. The summed E-state index contributed by atoms with van der Waals surface area (Å²) < 4.78 is 5.41. The molecular formula is C26H24N2O8. The Labute approximate surface area is 205 Å². The molecule has 10 nitrogen and oxygen atoms in total. The summed E-state index contributed by atoms with van der Waals surface area (Å²) in [5, 5.41) is 43.5. The smallest absolute Gasteiger partial charge is 0.407 e. The number of nitro groups is 1. The zero-order valence-corrected chi connectivity index (χ0v) is 19.0. The molecule has 3 aromatic carbocycles. The van der Waals surface area contributed by atoms with E-state index >= 15 is 0 Å². The van der Waals surface area contributed by atoms with Crippen LogP contribution in [0.2, 0.25) is 0 Å². The second kappa shape index (κ2) is 10.5. The number of aliphatic hydroxyl groups excluding tert-OH is 2. The SMILES string of the molecule is O=C(NCCC(O)C(O)c1ccc(C(=O)O)cc1[N+](=O)[O-])OCC1c2ccccc2-c2ccccc21. The van der Waals surface area contributed by atoms with Crippen molar-refractivity contribution in [1.29, 1.82) is 0 Å². The minimum Gasteiger partial charge on any atom is -0.478 e. The van der Waals surface area contributed by atoms with Crippen LogP contribution in [-0.2, 0) is 4.74 Å².